The van der Waals surface area contributed by atoms with Crippen LogP contribution in [0.1, 0.15) is 5.56 Å². The molecule has 3 nitrogen and oxygen atoms in total. The molecule has 0 radical (unpaired) electrons. The Morgan fingerprint density at radius 1 is 1.32 bits per heavy atom. The zero-order valence-corrected chi connectivity index (χ0v) is 13.5. The van der Waals surface area contributed by atoms with E-state index in [0.717, 1.165) is 5.56 Å². The van der Waals surface area contributed by atoms with E-state index < -0.39 is 8.07 Å². The van der Waals surface area contributed by atoms with Gasteiger partial charge in [0.15, 0.2) is 0 Å². The predicted octanol–water partition coefficient (Wildman–Crippen LogP) is 2.10. The van der Waals surface area contributed by atoms with E-state index in [4.69, 9.17) is 5.26 Å². The number of hydrogen-bond donors (Lipinski definition) is 1. The molecule has 0 aliphatic carbocycles. The van der Waals surface area contributed by atoms with Crippen molar-refractivity contribution < 1.29 is 4.79 Å². The highest BCUT2D eigenvalue weighted by Crippen LogP contribution is 2.05. The van der Waals surface area contributed by atoms with E-state index in [-0.39, 0.29) is 5.91 Å². The van der Waals surface area contributed by atoms with Crippen molar-refractivity contribution in [3.05, 3.63) is 29.8 Å². The lowest BCUT2D eigenvalue weighted by Gasteiger charge is -2.16. The van der Waals surface area contributed by atoms with E-state index >= 15 is 0 Å². The number of carbonyl (C=O) groups excluding carboxylic acids is 1. The van der Waals surface area contributed by atoms with Gasteiger partial charge in [-0.05, 0) is 5.56 Å². The molecule has 1 amide bonds. The molecule has 0 bridgehead atoms. The summed E-state index contributed by atoms with van der Waals surface area (Å²) >= 11 is 1.33. The fourth-order valence-corrected chi connectivity index (χ4v) is 3.21. The van der Waals surface area contributed by atoms with Crippen molar-refractivity contribution in [3.63, 3.8) is 0 Å². The molecule has 0 saturated carbocycles. The predicted molar refractivity (Wildman–Crippen MR) is 84.2 cm³/mol. The number of nitrogens with zero attached hydrogens (tertiary/aromatic N) is 1. The SMILES string of the molecule is C[Si](C)(C)c1ccc(CNC(=O)CSCC#N)cc1. The highest BCUT2D eigenvalue weighted by molar-refractivity contribution is 8.00. The second-order valence-electron chi connectivity index (χ2n) is 5.37. The second kappa shape index (κ2) is 7.36. The summed E-state index contributed by atoms with van der Waals surface area (Å²) < 4.78 is 0. The molecule has 1 aromatic carbocycles. The van der Waals surface area contributed by atoms with E-state index in [1.54, 1.807) is 0 Å². The Kier molecular flexibility index (Phi) is 6.12. The Hall–Kier alpha value is -1.25. The molecule has 0 fully saturated rings. The summed E-state index contributed by atoms with van der Waals surface area (Å²) in [4.78, 5) is 11.5. The summed E-state index contributed by atoms with van der Waals surface area (Å²) in [5, 5.41) is 12.7. The van der Waals surface area contributed by atoms with Crippen LogP contribution in [0.4, 0.5) is 0 Å². The van der Waals surface area contributed by atoms with Crippen LogP contribution in [0.2, 0.25) is 19.6 Å². The highest BCUT2D eigenvalue weighted by atomic mass is 32.2. The van der Waals surface area contributed by atoms with Gasteiger partial charge in [0.2, 0.25) is 5.91 Å². The Labute approximate surface area is 120 Å². The molecule has 0 saturated heterocycles. The van der Waals surface area contributed by atoms with Gasteiger partial charge in [-0.3, -0.25) is 4.79 Å². The summed E-state index contributed by atoms with van der Waals surface area (Å²) in [6, 6.07) is 10.5. The Bertz CT molecular complexity index is 460. The lowest BCUT2D eigenvalue weighted by atomic mass is 10.2. The molecule has 0 unspecified atom stereocenters. The minimum absolute atomic E-state index is 0.0190. The molecule has 5 heteroatoms. The first kappa shape index (κ1) is 15.8. The van der Waals surface area contributed by atoms with Crippen molar-refractivity contribution in [1.29, 1.82) is 5.26 Å². The highest BCUT2D eigenvalue weighted by Gasteiger charge is 2.15. The molecular weight excluding hydrogens is 272 g/mol. The summed E-state index contributed by atoms with van der Waals surface area (Å²) in [5.74, 6) is 0.688. The van der Waals surface area contributed by atoms with Gasteiger partial charge >= 0.3 is 0 Å². The molecule has 0 atom stereocenters. The lowest BCUT2D eigenvalue weighted by Crippen LogP contribution is -2.37. The van der Waals surface area contributed by atoms with E-state index in [9.17, 15) is 4.79 Å². The summed E-state index contributed by atoms with van der Waals surface area (Å²) in [6.07, 6.45) is 0. The lowest BCUT2D eigenvalue weighted by molar-refractivity contribution is -0.118. The molecule has 1 aromatic rings. The van der Waals surface area contributed by atoms with E-state index in [1.165, 1.54) is 16.9 Å². The molecule has 19 heavy (non-hydrogen) atoms. The van der Waals surface area contributed by atoms with Crippen LogP contribution < -0.4 is 10.5 Å². The first-order valence-corrected chi connectivity index (χ1v) is 10.9. The fourth-order valence-electron chi connectivity index (χ4n) is 1.56. The maximum atomic E-state index is 11.5. The minimum Gasteiger partial charge on any atom is -0.351 e. The van der Waals surface area contributed by atoms with E-state index in [0.29, 0.717) is 18.1 Å². The molecule has 1 N–H and O–H groups in total. The zero-order chi connectivity index (χ0) is 14.3. The molecular formula is C14H20N2OSSi. The smallest absolute Gasteiger partial charge is 0.230 e. The topological polar surface area (TPSA) is 52.9 Å². The summed E-state index contributed by atoms with van der Waals surface area (Å²) in [7, 11) is -1.24. The van der Waals surface area contributed by atoms with Crippen LogP contribution in [0.15, 0.2) is 24.3 Å². The third-order valence-corrected chi connectivity index (χ3v) is 5.57. The van der Waals surface area contributed by atoms with Gasteiger partial charge < -0.3 is 5.32 Å². The average Bonchev–Trinajstić information content (AvgIpc) is 2.36. The minimum atomic E-state index is -1.24. The molecule has 0 spiro atoms. The molecule has 0 aromatic heterocycles. The van der Waals surface area contributed by atoms with E-state index in [2.05, 4.69) is 49.2 Å². The van der Waals surface area contributed by atoms with Gasteiger partial charge in [0.25, 0.3) is 0 Å². The van der Waals surface area contributed by atoms with Gasteiger partial charge in [-0.2, -0.15) is 5.26 Å². The quantitative estimate of drug-likeness (QED) is 0.645. The number of nitriles is 1. The Morgan fingerprint density at radius 2 is 1.95 bits per heavy atom. The van der Waals surface area contributed by atoms with Crippen molar-refractivity contribution >= 4 is 30.9 Å². The zero-order valence-electron chi connectivity index (χ0n) is 11.7. The molecule has 0 heterocycles. The van der Waals surface area contributed by atoms with Crippen LogP contribution in [0.3, 0.4) is 0 Å². The van der Waals surface area contributed by atoms with Crippen LogP contribution in [0.25, 0.3) is 0 Å². The largest absolute Gasteiger partial charge is 0.351 e. The van der Waals surface area contributed by atoms with Crippen molar-refractivity contribution in [3.8, 4) is 6.07 Å². The number of rotatable bonds is 6. The molecule has 0 aliphatic heterocycles. The standard InChI is InChI=1S/C14H20N2OSSi/c1-19(2,3)13-6-4-12(5-7-13)10-16-14(17)11-18-9-8-15/h4-7H,9-11H2,1-3H3,(H,16,17). The number of hydrogen-bond acceptors (Lipinski definition) is 3. The van der Waals surface area contributed by atoms with Crippen LogP contribution in [0.5, 0.6) is 0 Å². The molecule has 1 rings (SSSR count). The van der Waals surface area contributed by atoms with Crippen molar-refractivity contribution in [2.75, 3.05) is 11.5 Å². The van der Waals surface area contributed by atoms with Crippen molar-refractivity contribution in [2.45, 2.75) is 26.2 Å². The van der Waals surface area contributed by atoms with Crippen LogP contribution in [0, 0.1) is 11.3 Å². The van der Waals surface area contributed by atoms with Gasteiger partial charge in [0, 0.05) is 6.54 Å². The first-order chi connectivity index (χ1) is 8.93. The third kappa shape index (κ3) is 5.95. The monoisotopic (exact) mass is 292 g/mol. The van der Waals surface area contributed by atoms with Crippen molar-refractivity contribution in [1.82, 2.24) is 5.32 Å². The Morgan fingerprint density at radius 3 is 2.47 bits per heavy atom. The van der Waals surface area contributed by atoms with Gasteiger partial charge in [-0.25, -0.2) is 0 Å². The van der Waals surface area contributed by atoms with E-state index in [1.807, 2.05) is 6.07 Å². The van der Waals surface area contributed by atoms with Crippen molar-refractivity contribution in [2.24, 2.45) is 0 Å². The Balaban J connectivity index is 2.42. The number of amides is 1. The van der Waals surface area contributed by atoms with Crippen LogP contribution >= 0.6 is 11.8 Å². The second-order valence-corrected chi connectivity index (χ2v) is 11.4. The summed E-state index contributed by atoms with van der Waals surface area (Å²) in [6.45, 7) is 7.50. The first-order valence-electron chi connectivity index (χ1n) is 6.24. The number of carbonyl (C=O) groups is 1. The maximum absolute atomic E-state index is 11.5. The van der Waals surface area contributed by atoms with Crippen LogP contribution in [-0.2, 0) is 11.3 Å². The van der Waals surface area contributed by atoms with Gasteiger partial charge in [0.05, 0.1) is 25.6 Å². The van der Waals surface area contributed by atoms with Gasteiger partial charge in [-0.1, -0.05) is 49.1 Å². The fraction of sp³-hybridized carbons (Fsp3) is 0.429. The number of thioether (sulfide) groups is 1. The average molecular weight is 292 g/mol. The van der Waals surface area contributed by atoms with Crippen LogP contribution in [-0.4, -0.2) is 25.5 Å². The van der Waals surface area contributed by atoms with Gasteiger partial charge in [-0.15, -0.1) is 11.8 Å². The third-order valence-electron chi connectivity index (χ3n) is 2.71. The molecule has 0 aliphatic rings. The number of benzene rings is 1. The molecule has 102 valence electrons. The number of nitrogens with one attached hydrogen (secondary N) is 1. The normalized spacial score (nSPS) is 10.8. The van der Waals surface area contributed by atoms with Gasteiger partial charge in [0.1, 0.15) is 0 Å². The maximum Gasteiger partial charge on any atom is 0.230 e. The summed E-state index contributed by atoms with van der Waals surface area (Å²) in [5.41, 5.74) is 1.11.